The molecule has 0 bridgehead atoms. The predicted octanol–water partition coefficient (Wildman–Crippen LogP) is 1.86. The highest BCUT2D eigenvalue weighted by Crippen LogP contribution is 2.34. The maximum atomic E-state index is 13.0. The number of thioether (sulfide) groups is 1. The highest BCUT2D eigenvalue weighted by atomic mass is 32.2. The lowest BCUT2D eigenvalue weighted by atomic mass is 10.1. The van der Waals surface area contributed by atoms with Crippen molar-refractivity contribution in [2.45, 2.75) is 12.7 Å². The van der Waals surface area contributed by atoms with Crippen molar-refractivity contribution in [2.75, 3.05) is 25.3 Å². The van der Waals surface area contributed by atoms with Crippen molar-refractivity contribution < 1.29 is 27.5 Å². The largest absolute Gasteiger partial charge is 0.497 e. The van der Waals surface area contributed by atoms with Crippen molar-refractivity contribution in [1.29, 1.82) is 0 Å². The fourth-order valence-electron chi connectivity index (χ4n) is 2.06. The van der Waals surface area contributed by atoms with Gasteiger partial charge in [0, 0.05) is 6.54 Å². The van der Waals surface area contributed by atoms with Crippen LogP contribution in [0.3, 0.4) is 0 Å². The molecule has 1 N–H and O–H groups in total. The molecule has 0 spiro atoms. The molecule has 0 aliphatic carbocycles. The molecule has 1 aromatic carbocycles. The summed E-state index contributed by atoms with van der Waals surface area (Å²) in [7, 11) is 1.28. The van der Waals surface area contributed by atoms with E-state index in [1.807, 2.05) is 0 Å². The summed E-state index contributed by atoms with van der Waals surface area (Å²) in [4.78, 5) is 24.5. The molecular formula is C14H15F3N2O3S. The van der Waals surface area contributed by atoms with Crippen molar-refractivity contribution in [3.63, 3.8) is 0 Å². The van der Waals surface area contributed by atoms with E-state index in [4.69, 9.17) is 4.74 Å². The summed E-state index contributed by atoms with van der Waals surface area (Å²) < 4.78 is 43.9. The minimum Gasteiger partial charge on any atom is -0.497 e. The summed E-state index contributed by atoms with van der Waals surface area (Å²) >= 11 is 1.39. The average Bonchev–Trinajstić information content (AvgIpc) is 2.89. The van der Waals surface area contributed by atoms with Crippen molar-refractivity contribution in [3.05, 3.63) is 29.3 Å². The smallest absolute Gasteiger partial charge is 0.416 e. The molecule has 1 heterocycles. The molecule has 1 aliphatic heterocycles. The van der Waals surface area contributed by atoms with Crippen LogP contribution in [-0.2, 0) is 22.3 Å². The van der Waals surface area contributed by atoms with E-state index in [0.29, 0.717) is 11.6 Å². The summed E-state index contributed by atoms with van der Waals surface area (Å²) in [5.41, 5.74) is -0.918. The summed E-state index contributed by atoms with van der Waals surface area (Å²) in [5.74, 6) is 0.189. The number of hydrogen-bond donors (Lipinski definition) is 1. The molecular weight excluding hydrogens is 333 g/mol. The van der Waals surface area contributed by atoms with Gasteiger partial charge in [0.15, 0.2) is 0 Å². The molecule has 0 saturated carbocycles. The Balaban J connectivity index is 2.02. The second kappa shape index (κ2) is 7.12. The average molecular weight is 348 g/mol. The maximum absolute atomic E-state index is 13.0. The number of rotatable bonds is 5. The van der Waals surface area contributed by atoms with Crippen LogP contribution in [-0.4, -0.2) is 42.0 Å². The predicted molar refractivity (Wildman–Crippen MR) is 78.9 cm³/mol. The number of benzene rings is 1. The van der Waals surface area contributed by atoms with E-state index in [1.54, 1.807) is 0 Å². The van der Waals surface area contributed by atoms with Gasteiger partial charge in [0.25, 0.3) is 0 Å². The van der Waals surface area contributed by atoms with Gasteiger partial charge >= 0.3 is 6.18 Å². The highest BCUT2D eigenvalue weighted by molar-refractivity contribution is 8.00. The van der Waals surface area contributed by atoms with Crippen LogP contribution in [0.4, 0.5) is 13.2 Å². The van der Waals surface area contributed by atoms with E-state index >= 15 is 0 Å². The molecule has 1 aliphatic rings. The summed E-state index contributed by atoms with van der Waals surface area (Å²) in [5, 5.41) is 2.41. The number of halogens is 3. The first-order valence-corrected chi connectivity index (χ1v) is 7.83. The number of amides is 2. The van der Waals surface area contributed by atoms with Gasteiger partial charge in [0.1, 0.15) is 12.3 Å². The van der Waals surface area contributed by atoms with E-state index in [2.05, 4.69) is 5.32 Å². The van der Waals surface area contributed by atoms with Crippen molar-refractivity contribution >= 4 is 23.6 Å². The molecule has 5 nitrogen and oxygen atoms in total. The lowest BCUT2D eigenvalue weighted by Gasteiger charge is -2.17. The normalized spacial score (nSPS) is 15.0. The first kappa shape index (κ1) is 17.5. The van der Waals surface area contributed by atoms with Gasteiger partial charge in [-0.2, -0.15) is 13.2 Å². The Morgan fingerprint density at radius 1 is 1.43 bits per heavy atom. The molecule has 0 aromatic heterocycles. The third-order valence-electron chi connectivity index (χ3n) is 3.26. The maximum Gasteiger partial charge on any atom is 0.416 e. The highest BCUT2D eigenvalue weighted by Gasteiger charge is 2.34. The second-order valence-electron chi connectivity index (χ2n) is 4.87. The van der Waals surface area contributed by atoms with Crippen LogP contribution < -0.4 is 10.1 Å². The fraction of sp³-hybridized carbons (Fsp3) is 0.429. The number of ether oxygens (including phenoxy) is 1. The van der Waals surface area contributed by atoms with Gasteiger partial charge in [0.2, 0.25) is 11.8 Å². The van der Waals surface area contributed by atoms with Gasteiger partial charge in [-0.3, -0.25) is 9.59 Å². The van der Waals surface area contributed by atoms with Crippen LogP contribution in [0, 0.1) is 0 Å². The Labute approximate surface area is 135 Å². The molecule has 2 rings (SSSR count). The second-order valence-corrected chi connectivity index (χ2v) is 5.82. The standard InChI is InChI=1S/C14H15F3N2O3S/c1-22-10-3-2-9(11(4-10)14(15,16)17)5-18-12(20)6-19-8-23-7-13(19)21/h2-4H,5-8H2,1H3,(H,18,20). The van der Waals surface area contributed by atoms with E-state index in [0.717, 1.165) is 6.07 Å². The Hall–Kier alpha value is -1.90. The number of nitrogens with zero attached hydrogens (tertiary/aromatic N) is 1. The summed E-state index contributed by atoms with van der Waals surface area (Å²) in [6.45, 7) is -0.420. The molecule has 1 fully saturated rings. The number of nitrogens with one attached hydrogen (secondary N) is 1. The van der Waals surface area contributed by atoms with Crippen molar-refractivity contribution in [3.8, 4) is 5.75 Å². The van der Waals surface area contributed by atoms with Crippen molar-refractivity contribution in [2.24, 2.45) is 0 Å². The first-order valence-electron chi connectivity index (χ1n) is 6.67. The van der Waals surface area contributed by atoms with Crippen LogP contribution in [0.2, 0.25) is 0 Å². The zero-order valence-electron chi connectivity index (χ0n) is 12.3. The van der Waals surface area contributed by atoms with Crippen LogP contribution in [0.15, 0.2) is 18.2 Å². The molecule has 0 unspecified atom stereocenters. The number of methoxy groups -OCH3 is 1. The van der Waals surface area contributed by atoms with Gasteiger partial charge in [-0.05, 0) is 17.7 Å². The van der Waals surface area contributed by atoms with Gasteiger partial charge in [-0.25, -0.2) is 0 Å². The summed E-state index contributed by atoms with van der Waals surface area (Å²) in [6, 6.07) is 3.55. The van der Waals surface area contributed by atoms with Crippen LogP contribution in [0.5, 0.6) is 5.75 Å². The Morgan fingerprint density at radius 3 is 2.74 bits per heavy atom. The molecule has 0 radical (unpaired) electrons. The first-order chi connectivity index (χ1) is 10.8. The lowest BCUT2D eigenvalue weighted by Crippen LogP contribution is -2.38. The van der Waals surface area contributed by atoms with Gasteiger partial charge in [-0.15, -0.1) is 11.8 Å². The number of carbonyl (C=O) groups is 2. The Kier molecular flexibility index (Phi) is 5.40. The minimum absolute atomic E-state index is 0.0613. The lowest BCUT2D eigenvalue weighted by molar-refractivity contribution is -0.138. The summed E-state index contributed by atoms with van der Waals surface area (Å²) in [6.07, 6.45) is -4.55. The molecule has 23 heavy (non-hydrogen) atoms. The zero-order valence-corrected chi connectivity index (χ0v) is 13.1. The van der Waals surface area contributed by atoms with E-state index in [9.17, 15) is 22.8 Å². The van der Waals surface area contributed by atoms with Gasteiger partial charge in [0.05, 0.1) is 24.3 Å². The fourth-order valence-corrected chi connectivity index (χ4v) is 2.97. The Bertz CT molecular complexity index is 607. The number of alkyl halides is 3. The van der Waals surface area contributed by atoms with E-state index < -0.39 is 17.6 Å². The minimum atomic E-state index is -4.55. The molecule has 9 heteroatoms. The number of carbonyl (C=O) groups excluding carboxylic acids is 2. The molecule has 0 atom stereocenters. The monoisotopic (exact) mass is 348 g/mol. The molecule has 1 aromatic rings. The molecule has 126 valence electrons. The Morgan fingerprint density at radius 2 is 2.17 bits per heavy atom. The van der Waals surface area contributed by atoms with Crippen molar-refractivity contribution in [1.82, 2.24) is 10.2 Å². The molecule has 1 saturated heterocycles. The SMILES string of the molecule is COc1ccc(CNC(=O)CN2CSCC2=O)c(C(F)(F)F)c1. The van der Waals surface area contributed by atoms with Gasteiger partial charge in [-0.1, -0.05) is 6.07 Å². The zero-order chi connectivity index (χ0) is 17.0. The quantitative estimate of drug-likeness (QED) is 0.883. The third kappa shape index (κ3) is 4.54. The van der Waals surface area contributed by atoms with Crippen LogP contribution in [0.25, 0.3) is 0 Å². The van der Waals surface area contributed by atoms with E-state index in [1.165, 1.54) is 35.9 Å². The van der Waals surface area contributed by atoms with Gasteiger partial charge < -0.3 is 15.0 Å². The third-order valence-corrected chi connectivity index (χ3v) is 4.20. The topological polar surface area (TPSA) is 58.6 Å². The molecule has 2 amide bonds. The van der Waals surface area contributed by atoms with Crippen LogP contribution in [0.1, 0.15) is 11.1 Å². The number of hydrogen-bond acceptors (Lipinski definition) is 4. The van der Waals surface area contributed by atoms with Crippen LogP contribution >= 0.6 is 11.8 Å². The van der Waals surface area contributed by atoms with E-state index in [-0.39, 0.29) is 30.3 Å².